The molecular weight excluding hydrogens is 308 g/mol. The number of nitrogens with zero attached hydrogens (tertiary/aromatic N) is 2. The molecule has 1 amide bonds. The average molecular weight is 336 g/mol. The van der Waals surface area contributed by atoms with E-state index in [1.165, 1.54) is 26.4 Å². The molecule has 0 spiro atoms. The second-order valence-electron chi connectivity index (χ2n) is 6.64. The Morgan fingerprint density at radius 3 is 2.54 bits per heavy atom. The zero-order valence-corrected chi connectivity index (χ0v) is 15.1. The van der Waals surface area contributed by atoms with Gasteiger partial charge in [-0.2, -0.15) is 0 Å². The van der Waals surface area contributed by atoms with Gasteiger partial charge in [-0.25, -0.2) is 4.79 Å². The minimum Gasteiger partial charge on any atom is -0.465 e. The number of likely N-dealkylation sites (N-methyl/N-ethyl adjacent to an activating group) is 2. The number of hydrogen-bond donors (Lipinski definition) is 0. The summed E-state index contributed by atoms with van der Waals surface area (Å²) in [5, 5.41) is 0. The minimum atomic E-state index is -0.404. The maximum atomic E-state index is 12.4. The molecular formula is C18H28N2O4. The van der Waals surface area contributed by atoms with Crippen molar-refractivity contribution in [3.8, 4) is 0 Å². The molecule has 0 saturated heterocycles. The van der Waals surface area contributed by atoms with Gasteiger partial charge in [0.15, 0.2) is 0 Å². The van der Waals surface area contributed by atoms with Crippen LogP contribution in [0.5, 0.6) is 0 Å². The molecule has 1 aliphatic carbocycles. The molecule has 0 N–H and O–H groups in total. The first-order valence-electron chi connectivity index (χ1n) is 8.54. The molecule has 0 atom stereocenters. The molecule has 1 aliphatic rings. The third-order valence-electron chi connectivity index (χ3n) is 4.72. The van der Waals surface area contributed by atoms with Crippen molar-refractivity contribution in [1.29, 1.82) is 0 Å². The van der Waals surface area contributed by atoms with Gasteiger partial charge in [0.05, 0.1) is 20.2 Å². The van der Waals surface area contributed by atoms with Crippen LogP contribution in [0.4, 0.5) is 0 Å². The van der Waals surface area contributed by atoms with Crippen molar-refractivity contribution in [3.63, 3.8) is 0 Å². The fourth-order valence-corrected chi connectivity index (χ4v) is 3.27. The predicted octanol–water partition coefficient (Wildman–Crippen LogP) is 2.60. The molecule has 1 heterocycles. The van der Waals surface area contributed by atoms with Crippen molar-refractivity contribution in [2.45, 2.75) is 51.6 Å². The van der Waals surface area contributed by atoms with Gasteiger partial charge in [0.25, 0.3) is 0 Å². The summed E-state index contributed by atoms with van der Waals surface area (Å²) in [7, 11) is 5.13. The molecule has 6 heteroatoms. The Morgan fingerprint density at radius 2 is 1.92 bits per heavy atom. The third-order valence-corrected chi connectivity index (χ3v) is 4.72. The number of aryl methyl sites for hydroxylation is 1. The highest BCUT2D eigenvalue weighted by atomic mass is 16.5. The lowest BCUT2D eigenvalue weighted by Crippen LogP contribution is -2.43. The number of amides is 1. The SMILES string of the molecule is COC(=O)c1cc(CN(C)CC(=O)N(C)C2CCCCC2)oc1C. The van der Waals surface area contributed by atoms with Crippen LogP contribution in [0.2, 0.25) is 0 Å². The largest absolute Gasteiger partial charge is 0.465 e. The fraction of sp³-hybridized carbons (Fsp3) is 0.667. The number of carbonyl (C=O) groups excluding carboxylic acids is 2. The highest BCUT2D eigenvalue weighted by molar-refractivity contribution is 5.90. The van der Waals surface area contributed by atoms with E-state index < -0.39 is 5.97 Å². The van der Waals surface area contributed by atoms with Gasteiger partial charge in [0.1, 0.15) is 17.1 Å². The molecule has 0 unspecified atom stereocenters. The zero-order chi connectivity index (χ0) is 17.7. The van der Waals surface area contributed by atoms with E-state index in [-0.39, 0.29) is 5.91 Å². The van der Waals surface area contributed by atoms with Crippen molar-refractivity contribution < 1.29 is 18.7 Å². The van der Waals surface area contributed by atoms with E-state index in [2.05, 4.69) is 0 Å². The van der Waals surface area contributed by atoms with Crippen LogP contribution in [-0.4, -0.2) is 55.5 Å². The molecule has 0 bridgehead atoms. The molecule has 0 aromatic carbocycles. The molecule has 24 heavy (non-hydrogen) atoms. The summed E-state index contributed by atoms with van der Waals surface area (Å²) in [6.07, 6.45) is 5.90. The lowest BCUT2D eigenvalue weighted by atomic mass is 9.94. The normalized spacial score (nSPS) is 15.5. The first kappa shape index (κ1) is 18.5. The molecule has 0 aliphatic heterocycles. The van der Waals surface area contributed by atoms with Crippen molar-refractivity contribution in [1.82, 2.24) is 9.80 Å². The highest BCUT2D eigenvalue weighted by Crippen LogP contribution is 2.22. The van der Waals surface area contributed by atoms with Crippen molar-refractivity contribution >= 4 is 11.9 Å². The molecule has 1 aromatic heterocycles. The van der Waals surface area contributed by atoms with Gasteiger partial charge >= 0.3 is 5.97 Å². The lowest BCUT2D eigenvalue weighted by Gasteiger charge is -2.32. The smallest absolute Gasteiger partial charge is 0.341 e. The number of carbonyl (C=O) groups is 2. The second kappa shape index (κ2) is 8.33. The van der Waals surface area contributed by atoms with Gasteiger partial charge in [-0.05, 0) is 32.9 Å². The topological polar surface area (TPSA) is 63.0 Å². The minimum absolute atomic E-state index is 0.126. The Kier molecular flexibility index (Phi) is 6.43. The Labute approximate surface area is 143 Å². The first-order valence-corrected chi connectivity index (χ1v) is 8.54. The van der Waals surface area contributed by atoms with Crippen LogP contribution >= 0.6 is 0 Å². The summed E-state index contributed by atoms with van der Waals surface area (Å²) in [5.74, 6) is 0.915. The van der Waals surface area contributed by atoms with Crippen LogP contribution in [0.3, 0.4) is 0 Å². The van der Waals surface area contributed by atoms with E-state index in [0.29, 0.717) is 36.2 Å². The molecule has 0 radical (unpaired) electrons. The lowest BCUT2D eigenvalue weighted by molar-refractivity contribution is -0.133. The maximum absolute atomic E-state index is 12.4. The number of esters is 1. The highest BCUT2D eigenvalue weighted by Gasteiger charge is 2.23. The molecule has 1 fully saturated rings. The number of ether oxygens (including phenoxy) is 1. The summed E-state index contributed by atoms with van der Waals surface area (Å²) < 4.78 is 10.3. The standard InChI is InChI=1S/C18H28N2O4/c1-13-16(18(22)23-4)10-15(24-13)11-19(2)12-17(21)20(3)14-8-6-5-7-9-14/h10,14H,5-9,11-12H2,1-4H3. The third kappa shape index (κ3) is 4.60. The quantitative estimate of drug-likeness (QED) is 0.747. The van der Waals surface area contributed by atoms with Crippen LogP contribution in [-0.2, 0) is 16.1 Å². The van der Waals surface area contributed by atoms with Crippen LogP contribution in [0.1, 0.15) is 54.0 Å². The summed E-state index contributed by atoms with van der Waals surface area (Å²) in [6, 6.07) is 2.06. The Balaban J connectivity index is 1.89. The Hall–Kier alpha value is -1.82. The summed E-state index contributed by atoms with van der Waals surface area (Å²) in [5.41, 5.74) is 0.437. The molecule has 1 aromatic rings. The number of furan rings is 1. The predicted molar refractivity (Wildman–Crippen MR) is 90.8 cm³/mol. The van der Waals surface area contributed by atoms with E-state index in [9.17, 15) is 9.59 Å². The van der Waals surface area contributed by atoms with Gasteiger partial charge < -0.3 is 14.1 Å². The van der Waals surface area contributed by atoms with E-state index >= 15 is 0 Å². The molecule has 6 nitrogen and oxygen atoms in total. The van der Waals surface area contributed by atoms with Crippen LogP contribution in [0, 0.1) is 6.92 Å². The van der Waals surface area contributed by atoms with Gasteiger partial charge in [0, 0.05) is 13.1 Å². The van der Waals surface area contributed by atoms with Gasteiger partial charge in [-0.3, -0.25) is 9.69 Å². The number of rotatable bonds is 6. The molecule has 2 rings (SSSR count). The number of hydrogen-bond acceptors (Lipinski definition) is 5. The van der Waals surface area contributed by atoms with Crippen LogP contribution < -0.4 is 0 Å². The maximum Gasteiger partial charge on any atom is 0.341 e. The molecule has 134 valence electrons. The van der Waals surface area contributed by atoms with E-state index in [0.717, 1.165) is 12.8 Å². The second-order valence-corrected chi connectivity index (χ2v) is 6.64. The van der Waals surface area contributed by atoms with Gasteiger partial charge in [0.2, 0.25) is 5.91 Å². The van der Waals surface area contributed by atoms with Crippen molar-refractivity contribution in [2.75, 3.05) is 27.7 Å². The average Bonchev–Trinajstić information content (AvgIpc) is 2.94. The van der Waals surface area contributed by atoms with Crippen LogP contribution in [0.25, 0.3) is 0 Å². The Morgan fingerprint density at radius 1 is 1.25 bits per heavy atom. The van der Waals surface area contributed by atoms with Gasteiger partial charge in [-0.15, -0.1) is 0 Å². The Bertz CT molecular complexity index is 576. The summed E-state index contributed by atoms with van der Waals surface area (Å²) >= 11 is 0. The first-order chi connectivity index (χ1) is 11.4. The van der Waals surface area contributed by atoms with Crippen molar-refractivity contribution in [2.24, 2.45) is 0 Å². The van der Waals surface area contributed by atoms with Crippen LogP contribution in [0.15, 0.2) is 10.5 Å². The van der Waals surface area contributed by atoms with E-state index in [1.807, 2.05) is 23.9 Å². The number of methoxy groups -OCH3 is 1. The summed E-state index contributed by atoms with van der Waals surface area (Å²) in [6.45, 7) is 2.54. The van der Waals surface area contributed by atoms with E-state index in [1.54, 1.807) is 13.0 Å². The van der Waals surface area contributed by atoms with Gasteiger partial charge in [-0.1, -0.05) is 19.3 Å². The van der Waals surface area contributed by atoms with Crippen molar-refractivity contribution in [3.05, 3.63) is 23.2 Å². The summed E-state index contributed by atoms with van der Waals surface area (Å²) in [4.78, 5) is 27.9. The fourth-order valence-electron chi connectivity index (χ4n) is 3.27. The zero-order valence-electron chi connectivity index (χ0n) is 15.1. The molecule has 1 saturated carbocycles. The monoisotopic (exact) mass is 336 g/mol. The van der Waals surface area contributed by atoms with E-state index in [4.69, 9.17) is 9.15 Å².